The molecule has 0 unspecified atom stereocenters. The topological polar surface area (TPSA) is 576 Å². The molecule has 6 aromatic rings. The Bertz CT molecular complexity index is 4590. The van der Waals surface area contributed by atoms with Crippen molar-refractivity contribution in [3.63, 3.8) is 0 Å². The number of carboxylic acid groups (broad SMARTS) is 1. The van der Waals surface area contributed by atoms with Crippen molar-refractivity contribution in [2.24, 2.45) is 29.0 Å². The summed E-state index contributed by atoms with van der Waals surface area (Å²) in [5.74, 6) is -16.5. The largest absolute Gasteiger partial charge is 0.508 e. The number of hydrogen-bond acceptors (Lipinski definition) is 21. The van der Waals surface area contributed by atoms with Gasteiger partial charge in [0.2, 0.25) is 88.6 Å². The average molecular weight is 1710 g/mol. The lowest BCUT2D eigenvalue weighted by atomic mass is 9.97. The third kappa shape index (κ3) is 31.8. The molecule has 0 spiro atoms. The zero-order valence-electron chi connectivity index (χ0n) is 68.3. The summed E-state index contributed by atoms with van der Waals surface area (Å²) in [5, 5.41) is 58.5. The predicted octanol–water partition coefficient (Wildman–Crippen LogP) is -1.22. The number of primary amides is 1. The summed E-state index contributed by atoms with van der Waals surface area (Å²) in [6.45, 7) is 8.47. The number of nitrogens with two attached hydrogens (primary N) is 3. The minimum atomic E-state index is -1.86. The monoisotopic (exact) mass is 1710 g/mol. The molecular weight excluding hydrogens is 1600 g/mol. The maximum absolute atomic E-state index is 15.3. The number of unbranched alkanes of at least 4 members (excludes halogenated alkanes) is 1. The molecule has 38 heteroatoms. The van der Waals surface area contributed by atoms with Crippen molar-refractivity contribution in [1.82, 2.24) is 79.4 Å². The summed E-state index contributed by atoms with van der Waals surface area (Å²) in [4.78, 5) is 224. The van der Waals surface area contributed by atoms with Crippen molar-refractivity contribution in [3.05, 3.63) is 150 Å². The molecule has 0 saturated carbocycles. The number of aliphatic carboxylic acids is 1. The van der Waals surface area contributed by atoms with Crippen molar-refractivity contribution in [2.45, 2.75) is 185 Å². The number of thiol groups is 2. The Hall–Kier alpha value is -12.2. The second-order valence-electron chi connectivity index (χ2n) is 29.9. The number of H-pyrrole nitrogens is 1. The number of phenolic OH excluding ortho intramolecular Hbond substituents is 1. The second kappa shape index (κ2) is 49.4. The van der Waals surface area contributed by atoms with Gasteiger partial charge in [-0.1, -0.05) is 131 Å². The van der Waals surface area contributed by atoms with Crippen molar-refractivity contribution < 1.29 is 86.9 Å². The lowest BCUT2D eigenvalue weighted by Crippen LogP contribution is -2.62. The van der Waals surface area contributed by atoms with Gasteiger partial charge in [0.25, 0.3) is 0 Å². The molecule has 5 aromatic carbocycles. The maximum atomic E-state index is 15.3. The molecule has 15 amide bonds. The highest BCUT2D eigenvalue weighted by atomic mass is 32.1. The smallest absolute Gasteiger partial charge is 0.305 e. The fraction of sp³-hybridized carbons (Fsp3) is 0.446. The molecule has 121 heavy (non-hydrogen) atoms. The highest BCUT2D eigenvalue weighted by Gasteiger charge is 2.39. The third-order valence-electron chi connectivity index (χ3n) is 19.6. The van der Waals surface area contributed by atoms with Crippen LogP contribution in [0.5, 0.6) is 5.75 Å². The molecule has 1 aromatic heterocycles. The first kappa shape index (κ1) is 97.7. The van der Waals surface area contributed by atoms with E-state index in [9.17, 15) is 77.3 Å². The fourth-order valence-electron chi connectivity index (χ4n) is 13.0. The van der Waals surface area contributed by atoms with Crippen LogP contribution in [0.4, 0.5) is 0 Å². The van der Waals surface area contributed by atoms with Crippen molar-refractivity contribution in [3.8, 4) is 5.75 Å². The highest BCUT2D eigenvalue weighted by Crippen LogP contribution is 2.23. The van der Waals surface area contributed by atoms with Crippen molar-refractivity contribution >= 4 is 142 Å². The van der Waals surface area contributed by atoms with Crippen LogP contribution in [0.25, 0.3) is 21.7 Å². The molecule has 12 atom stereocenters. The van der Waals surface area contributed by atoms with E-state index in [2.05, 4.69) is 105 Å². The van der Waals surface area contributed by atoms with Gasteiger partial charge < -0.3 is 107 Å². The van der Waals surface area contributed by atoms with Crippen LogP contribution in [0.15, 0.2) is 128 Å². The second-order valence-corrected chi connectivity index (χ2v) is 30.6. The van der Waals surface area contributed by atoms with Crippen LogP contribution in [0.1, 0.15) is 109 Å². The molecule has 1 heterocycles. The summed E-state index contributed by atoms with van der Waals surface area (Å²) >= 11 is 8.51. The summed E-state index contributed by atoms with van der Waals surface area (Å²) in [5.41, 5.74) is 19.7. The predicted molar refractivity (Wildman–Crippen MR) is 457 cm³/mol. The lowest BCUT2D eigenvalue weighted by Gasteiger charge is -2.29. The Morgan fingerprint density at radius 1 is 0.413 bits per heavy atom. The van der Waals surface area contributed by atoms with E-state index in [-0.39, 0.29) is 76.0 Å². The minimum Gasteiger partial charge on any atom is -0.508 e. The van der Waals surface area contributed by atoms with Gasteiger partial charge in [-0.15, -0.1) is 0 Å². The minimum absolute atomic E-state index is 0.0306. The molecule has 0 radical (unpaired) electrons. The number of aromatic nitrogens is 1. The van der Waals surface area contributed by atoms with Gasteiger partial charge in [-0.2, -0.15) is 25.3 Å². The van der Waals surface area contributed by atoms with Gasteiger partial charge in [-0.05, 0) is 115 Å². The normalized spacial score (nSPS) is 14.1. The summed E-state index contributed by atoms with van der Waals surface area (Å²) < 4.78 is 0. The first-order valence-electron chi connectivity index (χ1n) is 39.7. The van der Waals surface area contributed by atoms with Gasteiger partial charge in [0.05, 0.1) is 13.0 Å². The number of para-hydroxylation sites is 1. The Morgan fingerprint density at radius 2 is 0.876 bits per heavy atom. The van der Waals surface area contributed by atoms with E-state index in [1.165, 1.54) is 38.1 Å². The fourth-order valence-corrected chi connectivity index (χ4v) is 13.5. The van der Waals surface area contributed by atoms with Crippen LogP contribution >= 0.6 is 25.3 Å². The SMILES string of the molecule is CC(=O)N[C@@H](CS)C(=O)N[C@@H](C)C(=O)N[C@@H](CC(=O)O)C(=O)N[C@@H](Cc1c[nH]c2ccccc12)C(=O)N[C@H](C(=O)N[C@@H](CS)C(=O)N[C@@H](Cc1ccc(O)cc1)C(=O)N[C@@H](Cc1cccc2ccccc12)C(=O)N[C@@H](CCCN)C(=O)N[C@H](C(=O)N[C@@H](Cc1ccccc1)C(=O)NCC(=O)NCCC(=O)N[C@H](CCCCN)C(N)=O)C(C)C)C(C)C. The molecule has 23 N–H and O–H groups in total. The Kier molecular flexibility index (Phi) is 39.9. The van der Waals surface area contributed by atoms with E-state index in [0.717, 1.165) is 5.39 Å². The Labute approximate surface area is 711 Å². The highest BCUT2D eigenvalue weighted by molar-refractivity contribution is 7.80. The number of benzene rings is 5. The summed E-state index contributed by atoms with van der Waals surface area (Å²) in [6.07, 6.45) is 0.911. The number of carboxylic acids is 1. The van der Waals surface area contributed by atoms with Gasteiger partial charge in [0, 0.05) is 74.2 Å². The third-order valence-corrected chi connectivity index (χ3v) is 20.3. The van der Waals surface area contributed by atoms with Crippen LogP contribution in [0.3, 0.4) is 0 Å². The standard InChI is InChI=1S/C83H112N18O18S2/c1-45(2)70(82(118)98-60(36-49-18-8-7-9-19-49)74(110)89-42-68(105)87-35-32-67(104)92-58(72(86)108)26-14-15-33-84)100-75(111)59(27-17-34-85)93-77(113)62(38-52-22-16-21-51-20-10-11-23-55(51)52)96-76(112)61(37-50-28-30-54(103)31-29-50)95-81(117)66(44-121)99-83(119)71(46(3)4)101-79(115)63(39-53-41-88-57-25-13-12-24-56(53)57)97-78(114)64(40-69(106)107)94-73(109)47(5)90-80(116)65(43-120)91-48(6)102/h7-13,16,18-25,28-31,41,45-47,58-66,70-71,88,103,120-121H,14-15,17,26-27,32-40,42-44,84-85H2,1-6H3,(H2,86,108)(H,87,105)(H,89,110)(H,90,116)(H,91,102)(H,92,104)(H,93,113)(H,94,109)(H,95,117)(H,96,112)(H,97,114)(H,98,118)(H,99,119)(H,100,111)(H,101,115)(H,106,107)/t47-,58+,59-,60-,61-,62-,63-,64-,65-,66-,70-,71-/m0/s1. The number of aromatic hydroxyl groups is 1. The van der Waals surface area contributed by atoms with E-state index in [1.807, 2.05) is 12.1 Å². The van der Waals surface area contributed by atoms with E-state index in [1.54, 1.807) is 119 Å². The number of fused-ring (bicyclic) bond motifs is 2. The maximum Gasteiger partial charge on any atom is 0.305 e. The molecule has 36 nitrogen and oxygen atoms in total. The first-order valence-corrected chi connectivity index (χ1v) is 41.0. The van der Waals surface area contributed by atoms with Gasteiger partial charge in [0.15, 0.2) is 0 Å². The number of hydrogen-bond donors (Lipinski definition) is 22. The zero-order chi connectivity index (χ0) is 89.0. The van der Waals surface area contributed by atoms with Gasteiger partial charge in [0.1, 0.15) is 78.3 Å². The van der Waals surface area contributed by atoms with Crippen LogP contribution < -0.4 is 91.6 Å². The van der Waals surface area contributed by atoms with Crippen LogP contribution in [-0.2, 0) is 102 Å². The lowest BCUT2D eigenvalue weighted by molar-refractivity contribution is -0.141. The zero-order valence-corrected chi connectivity index (χ0v) is 70.1. The van der Waals surface area contributed by atoms with Crippen LogP contribution in [-0.4, -0.2) is 220 Å². The van der Waals surface area contributed by atoms with Gasteiger partial charge >= 0.3 is 5.97 Å². The number of carbonyl (C=O) groups is 16. The van der Waals surface area contributed by atoms with Crippen molar-refractivity contribution in [2.75, 3.05) is 37.7 Å². The van der Waals surface area contributed by atoms with Gasteiger partial charge in [-0.3, -0.25) is 76.7 Å². The number of phenols is 1. The quantitative estimate of drug-likeness (QED) is 0.0157. The van der Waals surface area contributed by atoms with Crippen molar-refractivity contribution in [1.29, 1.82) is 0 Å². The molecule has 654 valence electrons. The van der Waals surface area contributed by atoms with E-state index < -0.39 is 198 Å². The van der Waals surface area contributed by atoms with Gasteiger partial charge in [-0.25, -0.2) is 0 Å². The molecule has 0 aliphatic carbocycles. The van der Waals surface area contributed by atoms with E-state index >= 15 is 9.59 Å². The molecule has 0 fully saturated rings. The molecular formula is C83H112N18O18S2. The number of amides is 15. The molecule has 0 aliphatic heterocycles. The number of carbonyl (C=O) groups excluding carboxylic acids is 15. The summed E-state index contributed by atoms with van der Waals surface area (Å²) in [7, 11) is 0. The molecule has 0 saturated heterocycles. The first-order chi connectivity index (χ1) is 57.6. The average Bonchev–Trinajstić information content (AvgIpc) is 1.75. The molecule has 6 rings (SSSR count). The summed E-state index contributed by atoms with van der Waals surface area (Å²) in [6, 6.07) is 16.3. The van der Waals surface area contributed by atoms with E-state index in [0.29, 0.717) is 57.9 Å². The van der Waals surface area contributed by atoms with Crippen LogP contribution in [0.2, 0.25) is 0 Å². The number of nitrogens with one attached hydrogen (secondary N) is 15. The van der Waals surface area contributed by atoms with E-state index in [4.69, 9.17) is 17.2 Å². The number of rotatable bonds is 50. The Balaban J connectivity index is 1.23. The molecule has 0 aliphatic rings. The number of aromatic amines is 1. The van der Waals surface area contributed by atoms with Crippen LogP contribution in [0, 0.1) is 11.8 Å². The molecule has 0 bridgehead atoms. The Morgan fingerprint density at radius 3 is 1.45 bits per heavy atom.